The van der Waals surface area contributed by atoms with Gasteiger partial charge in [0.15, 0.2) is 11.5 Å². The third kappa shape index (κ3) is 6.35. The van der Waals surface area contributed by atoms with Crippen LogP contribution in [0.25, 0.3) is 0 Å². The molecule has 0 unspecified atom stereocenters. The molecule has 0 atom stereocenters. The quantitative estimate of drug-likeness (QED) is 0.410. The molecule has 2 aromatic carbocycles. The zero-order chi connectivity index (χ0) is 18.8. The molecule has 3 N–H and O–H groups in total. The molecule has 0 radical (unpaired) electrons. The van der Waals surface area contributed by atoms with E-state index >= 15 is 0 Å². The summed E-state index contributed by atoms with van der Waals surface area (Å²) in [7, 11) is 0. The second-order valence-electron chi connectivity index (χ2n) is 5.38. The summed E-state index contributed by atoms with van der Waals surface area (Å²) in [5, 5.41) is 3.72. The molecule has 0 spiro atoms. The number of ether oxygens (including phenoxy) is 3. The van der Waals surface area contributed by atoms with Crippen LogP contribution < -0.4 is 25.4 Å². The van der Waals surface area contributed by atoms with E-state index in [4.69, 9.17) is 19.9 Å². The number of nitrogens with two attached hydrogens (primary N) is 1. The van der Waals surface area contributed by atoms with Crippen molar-refractivity contribution in [2.45, 2.75) is 13.8 Å². The highest BCUT2D eigenvalue weighted by Crippen LogP contribution is 2.28. The van der Waals surface area contributed by atoms with E-state index in [9.17, 15) is 4.79 Å². The number of primary amides is 1. The van der Waals surface area contributed by atoms with Crippen molar-refractivity contribution in [3.8, 4) is 17.2 Å². The summed E-state index contributed by atoms with van der Waals surface area (Å²) < 4.78 is 17.0. The van der Waals surface area contributed by atoms with E-state index in [2.05, 4.69) is 10.5 Å². The molecule has 26 heavy (non-hydrogen) atoms. The highest BCUT2D eigenvalue weighted by molar-refractivity contribution is 5.82. The molecule has 0 bridgehead atoms. The fourth-order valence-electron chi connectivity index (χ4n) is 2.11. The van der Waals surface area contributed by atoms with E-state index < -0.39 is 6.03 Å². The maximum atomic E-state index is 10.6. The van der Waals surface area contributed by atoms with Crippen LogP contribution in [0, 0.1) is 6.92 Å². The largest absolute Gasteiger partial charge is 0.490 e. The number of nitrogens with zero attached hydrogens (tertiary/aromatic N) is 1. The lowest BCUT2D eigenvalue weighted by Crippen LogP contribution is -2.24. The molecule has 0 aliphatic carbocycles. The number of urea groups is 1. The van der Waals surface area contributed by atoms with Gasteiger partial charge in [-0.25, -0.2) is 10.2 Å². The van der Waals surface area contributed by atoms with Gasteiger partial charge in [-0.05, 0) is 49.7 Å². The standard InChI is InChI=1S/C19H23N3O4/c1-3-24-18-12-15(13-21-22-19(20)23)6-9-17(18)26-11-10-25-16-7-4-14(2)5-8-16/h4-9,12-13H,3,10-11H2,1-2H3,(H3,20,22,23)/b21-13+. The Labute approximate surface area is 152 Å². The molecule has 2 rings (SSSR count). The van der Waals surface area contributed by atoms with Gasteiger partial charge in [-0.1, -0.05) is 17.7 Å². The molecule has 2 amide bonds. The molecule has 0 saturated carbocycles. The van der Waals surface area contributed by atoms with Gasteiger partial charge in [0.05, 0.1) is 12.8 Å². The lowest BCUT2D eigenvalue weighted by molar-refractivity contribution is 0.208. The maximum absolute atomic E-state index is 10.6. The van der Waals surface area contributed by atoms with Crippen molar-refractivity contribution in [1.29, 1.82) is 0 Å². The highest BCUT2D eigenvalue weighted by atomic mass is 16.5. The van der Waals surface area contributed by atoms with Crippen LogP contribution in [0.4, 0.5) is 4.79 Å². The van der Waals surface area contributed by atoms with Crippen LogP contribution in [-0.4, -0.2) is 32.1 Å². The van der Waals surface area contributed by atoms with Crippen molar-refractivity contribution >= 4 is 12.2 Å². The first-order valence-corrected chi connectivity index (χ1v) is 8.26. The Morgan fingerprint density at radius 3 is 2.50 bits per heavy atom. The predicted molar refractivity (Wildman–Crippen MR) is 100 cm³/mol. The number of hydrogen-bond donors (Lipinski definition) is 2. The van der Waals surface area contributed by atoms with Crippen molar-refractivity contribution in [3.63, 3.8) is 0 Å². The minimum Gasteiger partial charge on any atom is -0.490 e. The molecular formula is C19H23N3O4. The number of amides is 2. The Hall–Kier alpha value is -3.22. The zero-order valence-electron chi connectivity index (χ0n) is 14.9. The van der Waals surface area contributed by atoms with Crippen LogP contribution in [0.1, 0.15) is 18.1 Å². The third-order valence-electron chi connectivity index (χ3n) is 3.29. The van der Waals surface area contributed by atoms with Crippen LogP contribution in [-0.2, 0) is 0 Å². The number of carbonyl (C=O) groups is 1. The smallest absolute Gasteiger partial charge is 0.332 e. The van der Waals surface area contributed by atoms with Gasteiger partial charge in [-0.15, -0.1) is 0 Å². The van der Waals surface area contributed by atoms with Gasteiger partial charge in [0.25, 0.3) is 0 Å². The summed E-state index contributed by atoms with van der Waals surface area (Å²) in [6.07, 6.45) is 1.47. The summed E-state index contributed by atoms with van der Waals surface area (Å²) >= 11 is 0. The first kappa shape index (κ1) is 19.1. The van der Waals surface area contributed by atoms with Crippen molar-refractivity contribution in [2.75, 3.05) is 19.8 Å². The molecule has 7 nitrogen and oxygen atoms in total. The van der Waals surface area contributed by atoms with Crippen LogP contribution >= 0.6 is 0 Å². The summed E-state index contributed by atoms with van der Waals surface area (Å²) in [4.78, 5) is 10.6. The van der Waals surface area contributed by atoms with Gasteiger partial charge in [0.1, 0.15) is 19.0 Å². The first-order chi connectivity index (χ1) is 12.6. The molecule has 7 heteroatoms. The molecule has 0 aliphatic rings. The third-order valence-corrected chi connectivity index (χ3v) is 3.29. The van der Waals surface area contributed by atoms with Crippen LogP contribution in [0.15, 0.2) is 47.6 Å². The molecule has 0 heterocycles. The van der Waals surface area contributed by atoms with Crippen molar-refractivity contribution < 1.29 is 19.0 Å². The molecule has 0 aliphatic heterocycles. The molecule has 0 saturated heterocycles. The highest BCUT2D eigenvalue weighted by Gasteiger charge is 2.06. The second-order valence-corrected chi connectivity index (χ2v) is 5.38. The lowest BCUT2D eigenvalue weighted by Gasteiger charge is -2.13. The Kier molecular flexibility index (Phi) is 7.30. The Morgan fingerprint density at radius 2 is 1.81 bits per heavy atom. The van der Waals surface area contributed by atoms with Crippen LogP contribution in [0.5, 0.6) is 17.2 Å². The van der Waals surface area contributed by atoms with Crippen molar-refractivity contribution in [2.24, 2.45) is 10.8 Å². The van der Waals surface area contributed by atoms with Gasteiger partial charge in [0.2, 0.25) is 0 Å². The van der Waals surface area contributed by atoms with Gasteiger partial charge in [0, 0.05) is 0 Å². The minimum atomic E-state index is -0.722. The second kappa shape index (κ2) is 9.93. The number of benzene rings is 2. The predicted octanol–water partition coefficient (Wildman–Crippen LogP) is 2.85. The van der Waals surface area contributed by atoms with Gasteiger partial charge < -0.3 is 19.9 Å². The molecular weight excluding hydrogens is 334 g/mol. The molecule has 2 aromatic rings. The SMILES string of the molecule is CCOc1cc(/C=N/NC(N)=O)ccc1OCCOc1ccc(C)cc1. The Balaban J connectivity index is 1.91. The van der Waals surface area contributed by atoms with E-state index in [-0.39, 0.29) is 0 Å². The van der Waals surface area contributed by atoms with E-state index in [0.29, 0.717) is 31.3 Å². The number of carbonyl (C=O) groups excluding carboxylic acids is 1. The summed E-state index contributed by atoms with van der Waals surface area (Å²) in [6.45, 7) is 5.21. The lowest BCUT2D eigenvalue weighted by atomic mass is 10.2. The Morgan fingerprint density at radius 1 is 1.08 bits per heavy atom. The molecule has 0 aromatic heterocycles. The first-order valence-electron chi connectivity index (χ1n) is 8.26. The number of rotatable bonds is 9. The fourth-order valence-corrected chi connectivity index (χ4v) is 2.11. The van der Waals surface area contributed by atoms with E-state index in [1.54, 1.807) is 18.2 Å². The normalized spacial score (nSPS) is 10.5. The van der Waals surface area contributed by atoms with Crippen LogP contribution in [0.2, 0.25) is 0 Å². The van der Waals surface area contributed by atoms with Crippen molar-refractivity contribution in [1.82, 2.24) is 5.43 Å². The van der Waals surface area contributed by atoms with Gasteiger partial charge in [-0.2, -0.15) is 5.10 Å². The number of aryl methyl sites for hydroxylation is 1. The average Bonchev–Trinajstić information content (AvgIpc) is 2.61. The van der Waals surface area contributed by atoms with Crippen LogP contribution in [0.3, 0.4) is 0 Å². The number of hydrogen-bond acceptors (Lipinski definition) is 5. The van der Waals surface area contributed by atoms with E-state index in [1.165, 1.54) is 11.8 Å². The minimum absolute atomic E-state index is 0.380. The van der Waals surface area contributed by atoms with Gasteiger partial charge in [-0.3, -0.25) is 0 Å². The maximum Gasteiger partial charge on any atom is 0.332 e. The number of nitrogens with one attached hydrogen (secondary N) is 1. The zero-order valence-corrected chi connectivity index (χ0v) is 14.9. The Bertz CT molecular complexity index is 745. The van der Waals surface area contributed by atoms with Gasteiger partial charge >= 0.3 is 6.03 Å². The summed E-state index contributed by atoms with van der Waals surface area (Å²) in [6, 6.07) is 12.5. The van der Waals surface area contributed by atoms with E-state index in [0.717, 1.165) is 11.3 Å². The summed E-state index contributed by atoms with van der Waals surface area (Å²) in [5.41, 5.74) is 9.02. The van der Waals surface area contributed by atoms with E-state index in [1.807, 2.05) is 38.1 Å². The number of hydrazone groups is 1. The molecule has 138 valence electrons. The topological polar surface area (TPSA) is 95.2 Å². The summed E-state index contributed by atoms with van der Waals surface area (Å²) in [5.74, 6) is 2.00. The monoisotopic (exact) mass is 357 g/mol. The average molecular weight is 357 g/mol. The van der Waals surface area contributed by atoms with Crippen molar-refractivity contribution in [3.05, 3.63) is 53.6 Å². The fraction of sp³-hybridized carbons (Fsp3) is 0.263. The molecule has 0 fully saturated rings.